The summed E-state index contributed by atoms with van der Waals surface area (Å²) in [6.45, 7) is 2.00. The van der Waals surface area contributed by atoms with E-state index in [4.69, 9.17) is 4.84 Å². The van der Waals surface area contributed by atoms with Crippen LogP contribution in [0.5, 0.6) is 0 Å². The highest BCUT2D eigenvalue weighted by Crippen LogP contribution is 2.14. The number of nitrogens with one attached hydrogen (secondary N) is 1. The molecular weight excluding hydrogens is 328 g/mol. The molecule has 0 saturated carbocycles. The highest BCUT2D eigenvalue weighted by molar-refractivity contribution is 7.15. The van der Waals surface area contributed by atoms with Crippen molar-refractivity contribution in [3.63, 3.8) is 0 Å². The Labute approximate surface area is 141 Å². The lowest BCUT2D eigenvalue weighted by Gasteiger charge is -2.09. The summed E-state index contributed by atoms with van der Waals surface area (Å²) >= 11 is 1.23. The number of carbonyl (C=O) groups excluding carboxylic acids is 1. The fraction of sp³-hybridized carbons (Fsp3) is 0.125. The van der Waals surface area contributed by atoms with Crippen LogP contribution in [0.4, 0.5) is 5.13 Å². The quantitative estimate of drug-likeness (QED) is 0.765. The second kappa shape index (κ2) is 7.05. The van der Waals surface area contributed by atoms with Crippen LogP contribution in [0.3, 0.4) is 0 Å². The van der Waals surface area contributed by atoms with Crippen molar-refractivity contribution in [3.8, 4) is 0 Å². The maximum Gasteiger partial charge on any atom is 0.295 e. The molecule has 0 aliphatic rings. The Balaban J connectivity index is 1.75. The van der Waals surface area contributed by atoms with Crippen LogP contribution < -0.4 is 15.7 Å². The standard InChI is InChI=1S/C16H14N4O3S/c1-11-18-19-16(24-11)17-14(21)13-8-5-9-20(15(13)22)23-10-12-6-3-2-4-7-12/h2-9H,10H2,1H3,(H,17,19,21). The van der Waals surface area contributed by atoms with Gasteiger partial charge in [0.1, 0.15) is 17.2 Å². The fourth-order valence-corrected chi connectivity index (χ4v) is 2.57. The van der Waals surface area contributed by atoms with Crippen LogP contribution in [0, 0.1) is 6.92 Å². The number of nitrogens with zero attached hydrogens (tertiary/aromatic N) is 3. The first kappa shape index (κ1) is 15.9. The zero-order valence-electron chi connectivity index (χ0n) is 12.8. The van der Waals surface area contributed by atoms with E-state index >= 15 is 0 Å². The van der Waals surface area contributed by atoms with E-state index in [2.05, 4.69) is 15.5 Å². The average Bonchev–Trinajstić information content (AvgIpc) is 2.99. The van der Waals surface area contributed by atoms with E-state index in [9.17, 15) is 9.59 Å². The zero-order valence-corrected chi connectivity index (χ0v) is 13.6. The van der Waals surface area contributed by atoms with E-state index in [1.54, 1.807) is 13.0 Å². The number of benzene rings is 1. The smallest absolute Gasteiger partial charge is 0.295 e. The Kier molecular flexibility index (Phi) is 4.66. The fourth-order valence-electron chi connectivity index (χ4n) is 1.98. The minimum absolute atomic E-state index is 0.0292. The summed E-state index contributed by atoms with van der Waals surface area (Å²) in [5, 5.41) is 11.2. The third-order valence-corrected chi connectivity index (χ3v) is 3.87. The minimum atomic E-state index is -0.547. The number of hydrogen-bond acceptors (Lipinski definition) is 6. The van der Waals surface area contributed by atoms with Gasteiger partial charge >= 0.3 is 0 Å². The predicted octanol–water partition coefficient (Wildman–Crippen LogP) is 1.89. The van der Waals surface area contributed by atoms with Crippen molar-refractivity contribution < 1.29 is 9.63 Å². The molecule has 1 aromatic carbocycles. The summed E-state index contributed by atoms with van der Waals surface area (Å²) in [4.78, 5) is 30.1. The third-order valence-electron chi connectivity index (χ3n) is 3.12. The van der Waals surface area contributed by atoms with Crippen LogP contribution in [-0.2, 0) is 6.61 Å². The average molecular weight is 342 g/mol. The molecule has 0 fully saturated rings. The Morgan fingerprint density at radius 3 is 2.71 bits per heavy atom. The Hall–Kier alpha value is -3.00. The highest BCUT2D eigenvalue weighted by atomic mass is 32.1. The van der Waals surface area contributed by atoms with Crippen molar-refractivity contribution in [1.82, 2.24) is 14.9 Å². The van der Waals surface area contributed by atoms with Gasteiger partial charge in [-0.2, -0.15) is 4.73 Å². The second-order valence-corrected chi connectivity index (χ2v) is 6.07. The third kappa shape index (κ3) is 3.66. The first-order chi connectivity index (χ1) is 11.6. The molecule has 1 N–H and O–H groups in total. The molecule has 0 unspecified atom stereocenters. The Bertz CT molecular complexity index is 905. The van der Waals surface area contributed by atoms with Crippen molar-refractivity contribution in [2.75, 3.05) is 5.32 Å². The molecule has 0 atom stereocenters. The lowest BCUT2D eigenvalue weighted by atomic mass is 10.2. The minimum Gasteiger partial charge on any atom is -0.406 e. The van der Waals surface area contributed by atoms with Crippen LogP contribution in [0.2, 0.25) is 0 Å². The molecule has 0 aliphatic heterocycles. The van der Waals surface area contributed by atoms with Gasteiger partial charge in [-0.05, 0) is 24.6 Å². The lowest BCUT2D eigenvalue weighted by molar-refractivity contribution is 0.0863. The maximum atomic E-state index is 12.4. The van der Waals surface area contributed by atoms with Gasteiger partial charge in [0.25, 0.3) is 11.5 Å². The number of hydrogen-bond donors (Lipinski definition) is 1. The molecule has 0 saturated heterocycles. The lowest BCUT2D eigenvalue weighted by Crippen LogP contribution is -2.32. The molecule has 0 aliphatic carbocycles. The number of aromatic nitrogens is 3. The van der Waals surface area contributed by atoms with E-state index in [0.717, 1.165) is 15.3 Å². The molecule has 122 valence electrons. The second-order valence-electron chi connectivity index (χ2n) is 4.89. The summed E-state index contributed by atoms with van der Waals surface area (Å²) in [5.74, 6) is -0.547. The molecule has 2 heterocycles. The van der Waals surface area contributed by atoms with Crippen molar-refractivity contribution in [2.24, 2.45) is 0 Å². The van der Waals surface area contributed by atoms with Crippen LogP contribution in [0.25, 0.3) is 0 Å². The molecule has 24 heavy (non-hydrogen) atoms. The largest absolute Gasteiger partial charge is 0.406 e. The van der Waals surface area contributed by atoms with Crippen molar-refractivity contribution in [1.29, 1.82) is 0 Å². The molecule has 3 aromatic rings. The van der Waals surface area contributed by atoms with Gasteiger partial charge in [0, 0.05) is 6.20 Å². The number of pyridine rings is 1. The molecule has 7 nitrogen and oxygen atoms in total. The van der Waals surface area contributed by atoms with Crippen LogP contribution in [-0.4, -0.2) is 20.8 Å². The predicted molar refractivity (Wildman–Crippen MR) is 90.0 cm³/mol. The van der Waals surface area contributed by atoms with Crippen LogP contribution >= 0.6 is 11.3 Å². The summed E-state index contributed by atoms with van der Waals surface area (Å²) in [6, 6.07) is 12.5. The molecular formula is C16H14N4O3S. The van der Waals surface area contributed by atoms with Gasteiger partial charge in [-0.1, -0.05) is 41.7 Å². The van der Waals surface area contributed by atoms with Crippen LogP contribution in [0.15, 0.2) is 53.5 Å². The van der Waals surface area contributed by atoms with Gasteiger partial charge in [-0.15, -0.1) is 10.2 Å². The molecule has 1 amide bonds. The first-order valence-electron chi connectivity index (χ1n) is 7.14. The van der Waals surface area contributed by atoms with E-state index < -0.39 is 11.5 Å². The number of aryl methyl sites for hydroxylation is 1. The van der Waals surface area contributed by atoms with Gasteiger partial charge in [-0.3, -0.25) is 14.9 Å². The van der Waals surface area contributed by atoms with E-state index in [1.807, 2.05) is 30.3 Å². The molecule has 3 rings (SSSR count). The number of amides is 1. The van der Waals surface area contributed by atoms with Crippen molar-refractivity contribution in [2.45, 2.75) is 13.5 Å². The molecule has 8 heteroatoms. The van der Waals surface area contributed by atoms with E-state index in [-0.39, 0.29) is 12.2 Å². The van der Waals surface area contributed by atoms with Gasteiger partial charge < -0.3 is 4.84 Å². The normalized spacial score (nSPS) is 10.4. The molecule has 2 aromatic heterocycles. The highest BCUT2D eigenvalue weighted by Gasteiger charge is 2.14. The zero-order chi connectivity index (χ0) is 16.9. The topological polar surface area (TPSA) is 86.1 Å². The van der Waals surface area contributed by atoms with E-state index in [0.29, 0.717) is 5.13 Å². The summed E-state index contributed by atoms with van der Waals surface area (Å²) in [7, 11) is 0. The Morgan fingerprint density at radius 2 is 2.00 bits per heavy atom. The molecule has 0 radical (unpaired) electrons. The molecule has 0 bridgehead atoms. The Morgan fingerprint density at radius 1 is 1.21 bits per heavy atom. The number of anilines is 1. The summed E-state index contributed by atoms with van der Waals surface area (Å²) in [6.07, 6.45) is 1.47. The maximum absolute atomic E-state index is 12.4. The van der Waals surface area contributed by atoms with E-state index in [1.165, 1.54) is 23.6 Å². The SMILES string of the molecule is Cc1nnc(NC(=O)c2cccn(OCc3ccccc3)c2=O)s1. The van der Waals surface area contributed by atoms with Gasteiger partial charge in [0.15, 0.2) is 0 Å². The van der Waals surface area contributed by atoms with Gasteiger partial charge in [0.2, 0.25) is 5.13 Å². The van der Waals surface area contributed by atoms with Crippen molar-refractivity contribution >= 4 is 22.4 Å². The summed E-state index contributed by atoms with van der Waals surface area (Å²) < 4.78 is 1.05. The van der Waals surface area contributed by atoms with Crippen molar-refractivity contribution in [3.05, 3.63) is 75.1 Å². The molecule has 0 spiro atoms. The van der Waals surface area contributed by atoms with Crippen LogP contribution in [0.1, 0.15) is 20.9 Å². The van der Waals surface area contributed by atoms with Gasteiger partial charge in [0.05, 0.1) is 0 Å². The number of carbonyl (C=O) groups is 1. The summed E-state index contributed by atoms with van der Waals surface area (Å²) in [5.41, 5.74) is 0.356. The number of rotatable bonds is 5. The first-order valence-corrected chi connectivity index (χ1v) is 7.95. The van der Waals surface area contributed by atoms with Gasteiger partial charge in [-0.25, -0.2) is 0 Å². The monoisotopic (exact) mass is 342 g/mol.